The molecule has 44 heavy (non-hydrogen) atoms. The second kappa shape index (κ2) is 9.62. The predicted octanol–water partition coefficient (Wildman–Crippen LogP) is 9.60. The van der Waals surface area contributed by atoms with E-state index in [0.717, 1.165) is 44.6 Å². The van der Waals surface area contributed by atoms with Crippen LogP contribution in [0.5, 0.6) is 0 Å². The highest BCUT2D eigenvalue weighted by atomic mass is 15.1. The minimum atomic E-state index is -0.552. The van der Waals surface area contributed by atoms with Gasteiger partial charge in [-0.05, 0) is 75.8 Å². The molecule has 1 aliphatic carbocycles. The van der Waals surface area contributed by atoms with E-state index < -0.39 is 5.41 Å². The van der Waals surface area contributed by atoms with Gasteiger partial charge in [0.25, 0.3) is 0 Å². The number of aromatic nitrogens is 3. The molecule has 0 saturated heterocycles. The standard InChI is InChI=1S/C41H27N3/c1-3-14-30(15-4-1)41(31-25-28-13-7-10-20-37(28)42-27-31)35-19-9-8-18-33(35)34-24-23-29(26-36(34)41)40-43-38-21-11-12-22-39(38)44(40)32-16-5-2-6-17-32/h1-27H. The lowest BCUT2D eigenvalue weighted by atomic mass is 9.68. The third kappa shape index (κ3) is 3.50. The summed E-state index contributed by atoms with van der Waals surface area (Å²) in [5.74, 6) is 0.926. The minimum absolute atomic E-state index is 0.552. The molecule has 1 unspecified atom stereocenters. The van der Waals surface area contributed by atoms with Crippen molar-refractivity contribution in [1.82, 2.24) is 14.5 Å². The molecular weight excluding hydrogens is 534 g/mol. The van der Waals surface area contributed by atoms with E-state index in [0.29, 0.717) is 0 Å². The molecule has 9 rings (SSSR count). The second-order valence-corrected chi connectivity index (χ2v) is 11.4. The molecule has 1 aliphatic rings. The average Bonchev–Trinajstić information content (AvgIpc) is 3.63. The fourth-order valence-electron chi connectivity index (χ4n) is 7.23. The maximum atomic E-state index is 5.22. The van der Waals surface area contributed by atoms with Crippen molar-refractivity contribution in [2.45, 2.75) is 5.41 Å². The Morgan fingerprint density at radius 3 is 2.05 bits per heavy atom. The molecule has 3 nitrogen and oxygen atoms in total. The highest BCUT2D eigenvalue weighted by molar-refractivity contribution is 5.90. The van der Waals surface area contributed by atoms with Gasteiger partial charge in [-0.1, -0.05) is 115 Å². The number of nitrogens with zero attached hydrogens (tertiary/aromatic N) is 3. The van der Waals surface area contributed by atoms with E-state index in [-0.39, 0.29) is 0 Å². The molecule has 0 fully saturated rings. The quantitative estimate of drug-likeness (QED) is 0.214. The largest absolute Gasteiger partial charge is 0.292 e. The van der Waals surface area contributed by atoms with Crippen molar-refractivity contribution in [3.63, 3.8) is 0 Å². The van der Waals surface area contributed by atoms with Crippen LogP contribution in [0.15, 0.2) is 164 Å². The first kappa shape index (κ1) is 24.8. The van der Waals surface area contributed by atoms with Gasteiger partial charge in [-0.3, -0.25) is 9.55 Å². The highest BCUT2D eigenvalue weighted by Gasteiger charge is 2.46. The Morgan fingerprint density at radius 1 is 0.500 bits per heavy atom. The van der Waals surface area contributed by atoms with Crippen LogP contribution in [-0.4, -0.2) is 14.5 Å². The smallest absolute Gasteiger partial charge is 0.145 e. The molecule has 0 N–H and O–H groups in total. The van der Waals surface area contributed by atoms with Crippen LogP contribution in [-0.2, 0) is 5.41 Å². The van der Waals surface area contributed by atoms with E-state index >= 15 is 0 Å². The lowest BCUT2D eigenvalue weighted by Crippen LogP contribution is -2.28. The summed E-state index contributed by atoms with van der Waals surface area (Å²) >= 11 is 0. The third-order valence-electron chi connectivity index (χ3n) is 9.11. The maximum Gasteiger partial charge on any atom is 0.145 e. The molecule has 8 aromatic rings. The average molecular weight is 562 g/mol. The summed E-state index contributed by atoms with van der Waals surface area (Å²) in [5.41, 5.74) is 12.1. The van der Waals surface area contributed by atoms with Crippen LogP contribution in [0.4, 0.5) is 0 Å². The summed E-state index contributed by atoms with van der Waals surface area (Å²) in [6.45, 7) is 0. The molecule has 2 heterocycles. The Labute approximate surface area is 255 Å². The van der Waals surface area contributed by atoms with Crippen LogP contribution in [0.1, 0.15) is 22.3 Å². The number of fused-ring (bicyclic) bond motifs is 5. The number of benzene rings is 6. The molecule has 2 aromatic heterocycles. The summed E-state index contributed by atoms with van der Waals surface area (Å²) in [6.07, 6.45) is 2.08. The van der Waals surface area contributed by atoms with Crippen molar-refractivity contribution in [2.24, 2.45) is 0 Å². The molecule has 0 amide bonds. The molecule has 0 aliphatic heterocycles. The van der Waals surface area contributed by atoms with E-state index in [9.17, 15) is 0 Å². The van der Waals surface area contributed by atoms with Gasteiger partial charge in [0.1, 0.15) is 5.82 Å². The van der Waals surface area contributed by atoms with Crippen molar-refractivity contribution >= 4 is 21.9 Å². The number of pyridine rings is 1. The van der Waals surface area contributed by atoms with Crippen LogP contribution in [0.3, 0.4) is 0 Å². The van der Waals surface area contributed by atoms with Crippen LogP contribution in [0.25, 0.3) is 50.1 Å². The van der Waals surface area contributed by atoms with Gasteiger partial charge in [0.2, 0.25) is 0 Å². The number of rotatable bonds is 4. The Bertz CT molecular complexity index is 2340. The number of hydrogen-bond acceptors (Lipinski definition) is 2. The molecule has 206 valence electrons. The lowest BCUT2D eigenvalue weighted by molar-refractivity contribution is 0.765. The minimum Gasteiger partial charge on any atom is -0.292 e. The summed E-state index contributed by atoms with van der Waals surface area (Å²) in [4.78, 5) is 10.2. The summed E-state index contributed by atoms with van der Waals surface area (Å²) in [6, 6.07) is 56.2. The fraction of sp³-hybridized carbons (Fsp3) is 0.0244. The molecule has 0 bridgehead atoms. The van der Waals surface area contributed by atoms with Gasteiger partial charge in [0.15, 0.2) is 0 Å². The van der Waals surface area contributed by atoms with Crippen molar-refractivity contribution in [2.75, 3.05) is 0 Å². The van der Waals surface area contributed by atoms with E-state index in [4.69, 9.17) is 9.97 Å². The SMILES string of the molecule is c1ccc(-n2c(-c3ccc4c(c3)C(c3ccccc3)(c3cnc5ccccc5c3)c3ccccc3-4)nc3ccccc32)cc1. The van der Waals surface area contributed by atoms with E-state index in [2.05, 4.69) is 162 Å². The Morgan fingerprint density at radius 2 is 1.18 bits per heavy atom. The zero-order valence-electron chi connectivity index (χ0n) is 23.9. The first-order chi connectivity index (χ1) is 21.8. The van der Waals surface area contributed by atoms with Crippen molar-refractivity contribution in [3.05, 3.63) is 186 Å². The monoisotopic (exact) mass is 561 g/mol. The fourth-order valence-corrected chi connectivity index (χ4v) is 7.23. The normalized spacial score (nSPS) is 15.4. The number of para-hydroxylation sites is 4. The lowest BCUT2D eigenvalue weighted by Gasteiger charge is -2.34. The zero-order valence-corrected chi connectivity index (χ0v) is 23.9. The molecule has 1 atom stereocenters. The van der Waals surface area contributed by atoms with Gasteiger partial charge in [0, 0.05) is 22.8 Å². The number of imidazole rings is 1. The summed E-state index contributed by atoms with van der Waals surface area (Å²) in [7, 11) is 0. The topological polar surface area (TPSA) is 30.7 Å². The Kier molecular flexibility index (Phi) is 5.41. The molecule has 3 heteroatoms. The molecule has 6 aromatic carbocycles. The van der Waals surface area contributed by atoms with Crippen LogP contribution < -0.4 is 0 Å². The molecule has 0 saturated carbocycles. The summed E-state index contributed by atoms with van der Waals surface area (Å²) < 4.78 is 2.28. The van der Waals surface area contributed by atoms with Crippen LogP contribution in [0, 0.1) is 0 Å². The van der Waals surface area contributed by atoms with Gasteiger partial charge < -0.3 is 0 Å². The van der Waals surface area contributed by atoms with Gasteiger partial charge in [-0.25, -0.2) is 4.98 Å². The van der Waals surface area contributed by atoms with Crippen molar-refractivity contribution in [1.29, 1.82) is 0 Å². The first-order valence-corrected chi connectivity index (χ1v) is 15.0. The van der Waals surface area contributed by atoms with Crippen molar-refractivity contribution < 1.29 is 0 Å². The van der Waals surface area contributed by atoms with Gasteiger partial charge in [-0.15, -0.1) is 0 Å². The van der Waals surface area contributed by atoms with E-state index in [1.54, 1.807) is 0 Å². The van der Waals surface area contributed by atoms with E-state index in [1.165, 1.54) is 27.8 Å². The second-order valence-electron chi connectivity index (χ2n) is 11.4. The highest BCUT2D eigenvalue weighted by Crippen LogP contribution is 2.56. The maximum absolute atomic E-state index is 5.22. The van der Waals surface area contributed by atoms with Crippen LogP contribution >= 0.6 is 0 Å². The van der Waals surface area contributed by atoms with Gasteiger partial charge >= 0.3 is 0 Å². The van der Waals surface area contributed by atoms with E-state index in [1.807, 2.05) is 6.07 Å². The van der Waals surface area contributed by atoms with Crippen molar-refractivity contribution in [3.8, 4) is 28.2 Å². The number of hydrogen-bond donors (Lipinski definition) is 0. The third-order valence-corrected chi connectivity index (χ3v) is 9.11. The zero-order chi connectivity index (χ0) is 29.1. The van der Waals surface area contributed by atoms with Gasteiger partial charge in [-0.2, -0.15) is 0 Å². The molecule has 0 spiro atoms. The summed E-state index contributed by atoms with van der Waals surface area (Å²) in [5, 5.41) is 1.13. The van der Waals surface area contributed by atoms with Gasteiger partial charge in [0.05, 0.1) is 22.0 Å². The predicted molar refractivity (Wildman–Crippen MR) is 179 cm³/mol. The van der Waals surface area contributed by atoms with Crippen LogP contribution in [0.2, 0.25) is 0 Å². The first-order valence-electron chi connectivity index (χ1n) is 15.0. The molecule has 0 radical (unpaired) electrons. The molecular formula is C41H27N3. The Hall–Kier alpha value is -5.80. The Balaban J connectivity index is 1.38.